The lowest BCUT2D eigenvalue weighted by Gasteiger charge is -2.24. The van der Waals surface area contributed by atoms with Gasteiger partial charge in [-0.05, 0) is 75.3 Å². The highest BCUT2D eigenvalue weighted by Crippen LogP contribution is 2.34. The molecule has 0 aliphatic carbocycles. The smallest absolute Gasteiger partial charge is 0.462 e. The first-order chi connectivity index (χ1) is 21.0. The number of allylic oxidation sites excluding steroid dienone is 1. The van der Waals surface area contributed by atoms with Gasteiger partial charge in [-0.2, -0.15) is 30.0 Å². The lowest BCUT2D eigenvalue weighted by molar-refractivity contribution is -0.0527. The molecule has 0 N–H and O–H groups in total. The summed E-state index contributed by atoms with van der Waals surface area (Å²) in [5.41, 5.74) is -3.60. The van der Waals surface area contributed by atoms with Crippen LogP contribution in [0.1, 0.15) is 61.4 Å². The van der Waals surface area contributed by atoms with E-state index < -0.39 is 55.6 Å². The van der Waals surface area contributed by atoms with Crippen molar-refractivity contribution in [1.29, 1.82) is 0 Å². The molecule has 9 nitrogen and oxygen atoms in total. The van der Waals surface area contributed by atoms with Crippen LogP contribution >= 0.6 is 0 Å². The summed E-state index contributed by atoms with van der Waals surface area (Å²) in [6.45, 7) is 10.7. The van der Waals surface area contributed by atoms with Gasteiger partial charge in [0.2, 0.25) is 0 Å². The Balaban J connectivity index is 1.60. The van der Waals surface area contributed by atoms with Gasteiger partial charge in [0.25, 0.3) is 10.1 Å². The van der Waals surface area contributed by atoms with Crippen molar-refractivity contribution in [3.8, 4) is 0 Å². The van der Waals surface area contributed by atoms with Crippen LogP contribution in [0.25, 0.3) is 0 Å². The zero-order valence-electron chi connectivity index (χ0n) is 25.0. The first-order valence-corrected chi connectivity index (χ1v) is 17.0. The minimum absolute atomic E-state index is 0.0832. The molecule has 1 aliphatic rings. The molecule has 4 atom stereocenters. The summed E-state index contributed by atoms with van der Waals surface area (Å²) in [6, 6.07) is 14.5. The van der Waals surface area contributed by atoms with Gasteiger partial charge >= 0.3 is 21.6 Å². The second-order valence-corrected chi connectivity index (χ2v) is 14.0. The number of carbonyl (C=O) groups is 1. The summed E-state index contributed by atoms with van der Waals surface area (Å²) in [7, 11) is -10.2. The molecule has 0 bridgehead atoms. The van der Waals surface area contributed by atoms with E-state index in [4.69, 9.17) is 13.7 Å². The van der Waals surface area contributed by atoms with Crippen LogP contribution in [0.15, 0.2) is 84.0 Å². The molecule has 3 rings (SSSR count). The normalized spacial score (nSPS) is 18.7. The van der Waals surface area contributed by atoms with Crippen molar-refractivity contribution in [3.63, 3.8) is 0 Å². The predicted molar refractivity (Wildman–Crippen MR) is 160 cm³/mol. The number of carbonyl (C=O) groups excluding carboxylic acids is 1. The minimum atomic E-state index is -5.95. The van der Waals surface area contributed by atoms with Gasteiger partial charge in [0.1, 0.15) is 5.76 Å². The largest absolute Gasteiger partial charge is 0.534 e. The van der Waals surface area contributed by atoms with E-state index in [0.29, 0.717) is 24.8 Å². The zero-order valence-corrected chi connectivity index (χ0v) is 26.6. The molecule has 2 aromatic carbocycles. The number of hydrogen-bond acceptors (Lipinski definition) is 9. The quantitative estimate of drug-likeness (QED) is 0.0484. The molecule has 0 saturated carbocycles. The molecule has 0 aromatic heterocycles. The standard InChI is InChI=1S/C31H37F3O9S2/c1-21-12-15-28(16-13-21)44(36,37)43-27(19-22(2)24(4)42-45(38,39)31(32,33)34)14-17-29-23(3)20-26(41-29)11-8-18-40-30(35)25-9-6-5-7-10-25/h5-7,9-10,12-13,15-16,22,26-27,29H,3-4,8,11,14,17-20H2,1-2H3/t22-,26?,27?,29+/m1/s1. The van der Waals surface area contributed by atoms with E-state index in [9.17, 15) is 34.8 Å². The summed E-state index contributed by atoms with van der Waals surface area (Å²) < 4.78 is 109. The molecule has 1 heterocycles. The van der Waals surface area contributed by atoms with Gasteiger partial charge in [-0.15, -0.1) is 0 Å². The topological polar surface area (TPSA) is 122 Å². The van der Waals surface area contributed by atoms with E-state index in [-0.39, 0.29) is 36.9 Å². The van der Waals surface area contributed by atoms with Crippen LogP contribution in [0.4, 0.5) is 13.2 Å². The number of halogens is 3. The maximum absolute atomic E-state index is 13.1. The van der Waals surface area contributed by atoms with Crippen LogP contribution in [0.2, 0.25) is 0 Å². The number of alkyl halides is 3. The Morgan fingerprint density at radius 2 is 1.69 bits per heavy atom. The molecule has 1 saturated heterocycles. The van der Waals surface area contributed by atoms with E-state index in [1.165, 1.54) is 19.1 Å². The fourth-order valence-electron chi connectivity index (χ4n) is 4.65. The number of hydrogen-bond donors (Lipinski definition) is 0. The predicted octanol–water partition coefficient (Wildman–Crippen LogP) is 6.61. The summed E-state index contributed by atoms with van der Waals surface area (Å²) in [6.07, 6.45) is 0.0725. The lowest BCUT2D eigenvalue weighted by atomic mass is 9.96. The Bertz CT molecular complexity index is 1540. The van der Waals surface area contributed by atoms with E-state index >= 15 is 0 Å². The van der Waals surface area contributed by atoms with Gasteiger partial charge in [0.05, 0.1) is 35.4 Å². The maximum Gasteiger partial charge on any atom is 0.534 e. The van der Waals surface area contributed by atoms with Crippen molar-refractivity contribution >= 4 is 26.2 Å². The fraction of sp³-hybridized carbons (Fsp3) is 0.452. The molecule has 45 heavy (non-hydrogen) atoms. The number of ether oxygens (including phenoxy) is 2. The van der Waals surface area contributed by atoms with Crippen molar-refractivity contribution < 1.29 is 52.6 Å². The highest BCUT2D eigenvalue weighted by molar-refractivity contribution is 7.87. The summed E-state index contributed by atoms with van der Waals surface area (Å²) in [5, 5.41) is 0. The molecule has 248 valence electrons. The van der Waals surface area contributed by atoms with Crippen LogP contribution in [0, 0.1) is 12.8 Å². The number of aryl methyl sites for hydroxylation is 1. The van der Waals surface area contributed by atoms with Gasteiger partial charge in [-0.1, -0.05) is 56.0 Å². The van der Waals surface area contributed by atoms with E-state index in [1.807, 2.05) is 0 Å². The van der Waals surface area contributed by atoms with E-state index in [2.05, 4.69) is 17.3 Å². The molecular weight excluding hydrogens is 637 g/mol. The molecule has 0 radical (unpaired) electrons. The minimum Gasteiger partial charge on any atom is -0.462 e. The van der Waals surface area contributed by atoms with Crippen LogP contribution in [0.5, 0.6) is 0 Å². The third-order valence-electron chi connectivity index (χ3n) is 7.20. The average molecular weight is 675 g/mol. The molecule has 1 aliphatic heterocycles. The van der Waals surface area contributed by atoms with Gasteiger partial charge < -0.3 is 13.7 Å². The Hall–Kier alpha value is -3.20. The second kappa shape index (κ2) is 15.4. The highest BCUT2D eigenvalue weighted by atomic mass is 32.2. The third kappa shape index (κ3) is 10.7. The summed E-state index contributed by atoms with van der Waals surface area (Å²) in [4.78, 5) is 12.0. The van der Waals surface area contributed by atoms with Crippen molar-refractivity contribution in [2.75, 3.05) is 6.61 Å². The Morgan fingerprint density at radius 3 is 2.31 bits per heavy atom. The Morgan fingerprint density at radius 1 is 1.04 bits per heavy atom. The van der Waals surface area contributed by atoms with E-state index in [0.717, 1.165) is 11.1 Å². The Kier molecular flexibility index (Phi) is 12.4. The third-order valence-corrected chi connectivity index (χ3v) is 9.58. The fourth-order valence-corrected chi connectivity index (χ4v) is 6.31. The van der Waals surface area contributed by atoms with Gasteiger partial charge in [0.15, 0.2) is 0 Å². The number of esters is 1. The van der Waals surface area contributed by atoms with Gasteiger partial charge in [-0.3, -0.25) is 4.18 Å². The molecule has 1 fully saturated rings. The Labute approximate surface area is 262 Å². The lowest BCUT2D eigenvalue weighted by Crippen LogP contribution is -2.28. The summed E-state index contributed by atoms with van der Waals surface area (Å²) in [5.74, 6) is -2.15. The van der Waals surface area contributed by atoms with Gasteiger partial charge in [-0.25, -0.2) is 4.79 Å². The van der Waals surface area contributed by atoms with Crippen molar-refractivity contribution in [2.45, 2.75) is 81.1 Å². The van der Waals surface area contributed by atoms with Crippen LogP contribution in [-0.4, -0.2) is 53.2 Å². The van der Waals surface area contributed by atoms with Crippen molar-refractivity contribution in [1.82, 2.24) is 0 Å². The monoisotopic (exact) mass is 674 g/mol. The number of benzene rings is 2. The molecule has 0 amide bonds. The maximum atomic E-state index is 13.1. The molecule has 0 spiro atoms. The molecule has 2 aromatic rings. The second-order valence-electron chi connectivity index (χ2n) is 10.9. The van der Waals surface area contributed by atoms with Crippen LogP contribution in [-0.2, 0) is 38.1 Å². The molecule has 14 heteroatoms. The first-order valence-electron chi connectivity index (χ1n) is 14.2. The number of rotatable bonds is 16. The van der Waals surface area contributed by atoms with Crippen LogP contribution in [0.3, 0.4) is 0 Å². The average Bonchev–Trinajstić information content (AvgIpc) is 3.32. The van der Waals surface area contributed by atoms with Crippen molar-refractivity contribution in [2.24, 2.45) is 5.92 Å². The van der Waals surface area contributed by atoms with Crippen molar-refractivity contribution in [3.05, 3.63) is 90.2 Å². The molecular formula is C31H37F3O9S2. The molecule has 2 unspecified atom stereocenters. The highest BCUT2D eigenvalue weighted by Gasteiger charge is 2.49. The van der Waals surface area contributed by atoms with Gasteiger partial charge in [0, 0.05) is 5.92 Å². The SMILES string of the molecule is C=C(OS(=O)(=O)C(F)(F)F)[C@H](C)CC(CC[C@@H]1OC(CCCOC(=O)c2ccccc2)CC1=C)OS(=O)(=O)c1ccc(C)cc1. The summed E-state index contributed by atoms with van der Waals surface area (Å²) >= 11 is 0. The zero-order chi connectivity index (χ0) is 33.4. The van der Waals surface area contributed by atoms with Crippen LogP contribution < -0.4 is 0 Å². The van der Waals surface area contributed by atoms with E-state index in [1.54, 1.807) is 49.4 Å². The first kappa shape index (κ1) is 36.3.